The quantitative estimate of drug-likeness (QED) is 0.256. The number of nitrogen functional groups attached to an aromatic ring is 1. The minimum absolute atomic E-state index is 0.0811. The molecule has 0 unspecified atom stereocenters. The number of nitrogens with zero attached hydrogens (tertiary/aromatic N) is 2. The van der Waals surface area contributed by atoms with Crippen molar-refractivity contribution in [2.24, 2.45) is 16.3 Å². The van der Waals surface area contributed by atoms with E-state index in [2.05, 4.69) is 44.8 Å². The van der Waals surface area contributed by atoms with Crippen LogP contribution in [0.2, 0.25) is 0 Å². The molecule has 5 heteroatoms. The molecule has 0 spiro atoms. The van der Waals surface area contributed by atoms with Gasteiger partial charge >= 0.3 is 0 Å². The zero-order valence-corrected chi connectivity index (χ0v) is 14.8. The Kier molecular flexibility index (Phi) is 6.25. The van der Waals surface area contributed by atoms with Gasteiger partial charge in [-0.15, -0.1) is 5.10 Å². The number of hydrogen-bond donors (Lipinski definition) is 3. The van der Waals surface area contributed by atoms with Crippen molar-refractivity contribution in [1.29, 1.82) is 0 Å². The second-order valence-corrected chi connectivity index (χ2v) is 6.66. The predicted octanol–water partition coefficient (Wildman–Crippen LogP) is 3.42. The van der Waals surface area contributed by atoms with Crippen LogP contribution in [-0.2, 0) is 0 Å². The van der Waals surface area contributed by atoms with E-state index in [1.807, 2.05) is 42.2 Å². The number of benzene rings is 1. The summed E-state index contributed by atoms with van der Waals surface area (Å²) in [4.78, 5) is 1.83. The molecular weight excluding hydrogens is 286 g/mol. The molecule has 1 atom stereocenters. The number of nitrogens with two attached hydrogens (primary N) is 2. The van der Waals surface area contributed by atoms with Gasteiger partial charge in [0.25, 0.3) is 0 Å². The van der Waals surface area contributed by atoms with Crippen molar-refractivity contribution in [2.45, 2.75) is 40.7 Å². The second-order valence-electron chi connectivity index (χ2n) is 6.66. The molecule has 126 valence electrons. The van der Waals surface area contributed by atoms with Gasteiger partial charge < -0.3 is 16.9 Å². The minimum atomic E-state index is 0.0811. The summed E-state index contributed by atoms with van der Waals surface area (Å²) in [5.74, 6) is 0.349. The number of hydrogen-bond acceptors (Lipinski definition) is 3. The van der Waals surface area contributed by atoms with Crippen LogP contribution in [-0.4, -0.2) is 12.0 Å². The largest absolute Gasteiger partial charge is 0.399 e. The van der Waals surface area contributed by atoms with Gasteiger partial charge in [0.05, 0.1) is 5.69 Å². The first-order valence-electron chi connectivity index (χ1n) is 7.70. The van der Waals surface area contributed by atoms with Crippen molar-refractivity contribution in [3.63, 3.8) is 0 Å². The minimum Gasteiger partial charge on any atom is -0.399 e. The Morgan fingerprint density at radius 1 is 1.39 bits per heavy atom. The molecule has 0 heterocycles. The van der Waals surface area contributed by atoms with Gasteiger partial charge in [0.1, 0.15) is 0 Å². The number of guanidine groups is 1. The summed E-state index contributed by atoms with van der Waals surface area (Å²) in [6, 6.07) is 7.69. The van der Waals surface area contributed by atoms with Gasteiger partial charge in [-0.1, -0.05) is 39.5 Å². The average Bonchev–Trinajstić information content (AvgIpc) is 2.44. The molecule has 5 N–H and O–H groups in total. The van der Waals surface area contributed by atoms with Crippen LogP contribution in [0.15, 0.2) is 53.8 Å². The van der Waals surface area contributed by atoms with E-state index >= 15 is 0 Å². The fourth-order valence-corrected chi connectivity index (χ4v) is 1.83. The normalized spacial score (nSPS) is 14.3. The summed E-state index contributed by atoms with van der Waals surface area (Å²) >= 11 is 0. The summed E-state index contributed by atoms with van der Waals surface area (Å²) in [6.45, 7) is 14.2. The van der Waals surface area contributed by atoms with Gasteiger partial charge in [0, 0.05) is 17.4 Å². The molecule has 0 aliphatic carbocycles. The molecule has 1 aromatic carbocycles. The highest BCUT2D eigenvalue weighted by molar-refractivity contribution is 5.98. The van der Waals surface area contributed by atoms with Crippen molar-refractivity contribution in [3.05, 3.63) is 48.7 Å². The van der Waals surface area contributed by atoms with Crippen LogP contribution in [0.5, 0.6) is 0 Å². The molecule has 0 aromatic heterocycles. The lowest BCUT2D eigenvalue weighted by Crippen LogP contribution is -2.41. The molecule has 23 heavy (non-hydrogen) atoms. The second kappa shape index (κ2) is 7.72. The number of nitrogens with one attached hydrogen (secondary N) is 1. The summed E-state index contributed by atoms with van der Waals surface area (Å²) < 4.78 is 0. The highest BCUT2D eigenvalue weighted by atomic mass is 15.4. The van der Waals surface area contributed by atoms with Crippen molar-refractivity contribution in [2.75, 3.05) is 10.6 Å². The Morgan fingerprint density at radius 2 is 2.04 bits per heavy atom. The molecular formula is C18H29N5. The van der Waals surface area contributed by atoms with Crippen LogP contribution in [0.25, 0.3) is 0 Å². The fourth-order valence-electron chi connectivity index (χ4n) is 1.83. The van der Waals surface area contributed by atoms with Gasteiger partial charge in [-0.2, -0.15) is 0 Å². The van der Waals surface area contributed by atoms with Gasteiger partial charge in [-0.05, 0) is 43.5 Å². The molecule has 0 radical (unpaired) electrons. The maximum Gasteiger partial charge on any atom is 0.222 e. The molecule has 0 aliphatic heterocycles. The number of rotatable bonds is 5. The Bertz CT molecular complexity index is 596. The number of hydrazone groups is 1. The lowest BCUT2D eigenvalue weighted by atomic mass is 9.89. The first-order valence-corrected chi connectivity index (χ1v) is 7.70. The standard InChI is InChI=1S/C18H29N5/c1-7-9-13(2)23(16-11-8-10-15(19)12-16)17(20)22-21-14(3)18(4,5)6/h7-12,14,21H,1,19H2,2-6H3,(H2,20,22)/b13-9+/t14-/m0/s1. The Labute approximate surface area is 139 Å². The van der Waals surface area contributed by atoms with Gasteiger partial charge in [-0.3, -0.25) is 4.90 Å². The maximum atomic E-state index is 6.22. The monoisotopic (exact) mass is 315 g/mol. The van der Waals surface area contributed by atoms with Crippen LogP contribution in [0, 0.1) is 5.41 Å². The van der Waals surface area contributed by atoms with E-state index in [1.165, 1.54) is 0 Å². The average molecular weight is 315 g/mol. The number of anilines is 2. The molecule has 0 aliphatic rings. The Morgan fingerprint density at radius 3 is 2.57 bits per heavy atom. The highest BCUT2D eigenvalue weighted by Gasteiger charge is 2.20. The van der Waals surface area contributed by atoms with E-state index in [4.69, 9.17) is 11.5 Å². The first-order chi connectivity index (χ1) is 10.7. The van der Waals surface area contributed by atoms with Crippen LogP contribution in [0.3, 0.4) is 0 Å². The van der Waals surface area contributed by atoms with E-state index in [-0.39, 0.29) is 11.5 Å². The Hall–Kier alpha value is -2.43. The zero-order chi connectivity index (χ0) is 17.6. The highest BCUT2D eigenvalue weighted by Crippen LogP contribution is 2.22. The first kappa shape index (κ1) is 18.6. The number of allylic oxidation sites excluding steroid dienone is 3. The lowest BCUT2D eigenvalue weighted by molar-refractivity contribution is 0.290. The Balaban J connectivity index is 3.14. The van der Waals surface area contributed by atoms with E-state index in [9.17, 15) is 0 Å². The maximum absolute atomic E-state index is 6.22. The molecule has 0 saturated carbocycles. The fraction of sp³-hybridized carbons (Fsp3) is 0.389. The van der Waals surface area contributed by atoms with E-state index in [1.54, 1.807) is 6.08 Å². The zero-order valence-electron chi connectivity index (χ0n) is 14.8. The SMILES string of the molecule is C=C/C=C(\C)N(/C(N)=N\N[C@@H](C)C(C)(C)C)c1cccc(N)c1. The van der Waals surface area contributed by atoms with Crippen molar-refractivity contribution < 1.29 is 0 Å². The molecule has 0 amide bonds. The van der Waals surface area contributed by atoms with Gasteiger partial charge in [0.15, 0.2) is 0 Å². The van der Waals surface area contributed by atoms with E-state index < -0.39 is 0 Å². The van der Waals surface area contributed by atoms with E-state index in [0.717, 1.165) is 11.4 Å². The third kappa shape index (κ3) is 5.36. The molecule has 5 nitrogen and oxygen atoms in total. The summed E-state index contributed by atoms with van der Waals surface area (Å²) in [5, 5.41) is 4.35. The summed E-state index contributed by atoms with van der Waals surface area (Å²) in [7, 11) is 0. The van der Waals surface area contributed by atoms with Crippen molar-refractivity contribution >= 4 is 17.3 Å². The van der Waals surface area contributed by atoms with Gasteiger partial charge in [-0.25, -0.2) is 0 Å². The molecule has 1 aromatic rings. The van der Waals surface area contributed by atoms with Crippen molar-refractivity contribution in [1.82, 2.24) is 5.43 Å². The third-order valence-corrected chi connectivity index (χ3v) is 3.74. The molecule has 0 fully saturated rings. The van der Waals surface area contributed by atoms with Gasteiger partial charge in [0.2, 0.25) is 5.96 Å². The predicted molar refractivity (Wildman–Crippen MR) is 101 cm³/mol. The smallest absolute Gasteiger partial charge is 0.222 e. The summed E-state index contributed by atoms with van der Waals surface area (Å²) in [5.41, 5.74) is 17.7. The van der Waals surface area contributed by atoms with Crippen LogP contribution >= 0.6 is 0 Å². The topological polar surface area (TPSA) is 79.7 Å². The van der Waals surface area contributed by atoms with Crippen LogP contribution in [0.1, 0.15) is 34.6 Å². The lowest BCUT2D eigenvalue weighted by Gasteiger charge is -2.28. The third-order valence-electron chi connectivity index (χ3n) is 3.74. The molecule has 1 rings (SSSR count). The van der Waals surface area contributed by atoms with E-state index in [0.29, 0.717) is 11.6 Å². The summed E-state index contributed by atoms with van der Waals surface area (Å²) in [6.07, 6.45) is 3.59. The van der Waals surface area contributed by atoms with Crippen LogP contribution < -0.4 is 21.8 Å². The van der Waals surface area contributed by atoms with Crippen LogP contribution in [0.4, 0.5) is 11.4 Å². The van der Waals surface area contributed by atoms with Crippen molar-refractivity contribution in [3.8, 4) is 0 Å². The molecule has 0 bridgehead atoms. The molecule has 0 saturated heterocycles.